The van der Waals surface area contributed by atoms with Crippen LogP contribution in [0.3, 0.4) is 0 Å². The molecular weight excluding hydrogens is 342 g/mol. The first kappa shape index (κ1) is 16.9. The number of pyridine rings is 1. The quantitative estimate of drug-likeness (QED) is 0.503. The Balaban J connectivity index is 1.98. The zero-order valence-corrected chi connectivity index (χ0v) is 13.9. The van der Waals surface area contributed by atoms with Crippen LogP contribution in [0.15, 0.2) is 48.8 Å². The van der Waals surface area contributed by atoms with E-state index in [0.29, 0.717) is 34.7 Å². The highest BCUT2D eigenvalue weighted by molar-refractivity contribution is 6.30. The number of aliphatic hydroxyl groups is 1. The lowest BCUT2D eigenvalue weighted by atomic mass is 10.2. The average molecular weight is 358 g/mol. The van der Waals surface area contributed by atoms with Crippen LogP contribution in [0.1, 0.15) is 0 Å². The summed E-state index contributed by atoms with van der Waals surface area (Å²) in [5, 5.41) is 25.4. The predicted molar refractivity (Wildman–Crippen MR) is 97.2 cm³/mol. The minimum Gasteiger partial charge on any atom is -0.506 e. The Morgan fingerprint density at radius 2 is 1.84 bits per heavy atom. The van der Waals surface area contributed by atoms with Gasteiger partial charge >= 0.3 is 0 Å². The van der Waals surface area contributed by atoms with Gasteiger partial charge in [-0.05, 0) is 30.3 Å². The van der Waals surface area contributed by atoms with E-state index in [-0.39, 0.29) is 12.4 Å². The van der Waals surface area contributed by atoms with Crippen LogP contribution in [-0.2, 0) is 0 Å². The summed E-state index contributed by atoms with van der Waals surface area (Å²) in [6.07, 6.45) is 3.35. The highest BCUT2D eigenvalue weighted by atomic mass is 35.5. The van der Waals surface area contributed by atoms with E-state index >= 15 is 0 Å². The van der Waals surface area contributed by atoms with Gasteiger partial charge in [0.2, 0.25) is 5.95 Å². The van der Waals surface area contributed by atoms with Crippen molar-refractivity contribution < 1.29 is 10.2 Å². The summed E-state index contributed by atoms with van der Waals surface area (Å²) < 4.78 is 0. The summed E-state index contributed by atoms with van der Waals surface area (Å²) in [6, 6.07) is 10.1. The number of phenolic OH excluding ortho intramolecular Hbond substituents is 1. The molecule has 128 valence electrons. The third kappa shape index (κ3) is 4.34. The van der Waals surface area contributed by atoms with Crippen LogP contribution in [0.25, 0.3) is 11.3 Å². The molecule has 0 unspecified atom stereocenters. The Morgan fingerprint density at radius 1 is 1.04 bits per heavy atom. The molecule has 2 heterocycles. The molecule has 0 bridgehead atoms. The van der Waals surface area contributed by atoms with Gasteiger partial charge in [-0.25, -0.2) is 4.98 Å². The van der Waals surface area contributed by atoms with Crippen molar-refractivity contribution in [2.24, 2.45) is 0 Å². The first-order valence-corrected chi connectivity index (χ1v) is 7.93. The molecule has 0 radical (unpaired) electrons. The van der Waals surface area contributed by atoms with Gasteiger partial charge in [0.15, 0.2) is 0 Å². The van der Waals surface area contributed by atoms with Crippen LogP contribution in [0, 0.1) is 0 Å². The maximum atomic E-state index is 9.97. The van der Waals surface area contributed by atoms with Crippen molar-refractivity contribution in [1.82, 2.24) is 15.0 Å². The normalized spacial score (nSPS) is 10.5. The zero-order chi connectivity index (χ0) is 17.6. The zero-order valence-electron chi connectivity index (χ0n) is 13.1. The van der Waals surface area contributed by atoms with E-state index in [1.807, 2.05) is 12.1 Å². The van der Waals surface area contributed by atoms with Gasteiger partial charge in [0.05, 0.1) is 18.0 Å². The molecular formula is C17H16ClN5O2. The minimum absolute atomic E-state index is 0.0410. The molecule has 0 amide bonds. The lowest BCUT2D eigenvalue weighted by molar-refractivity contribution is 0.311. The molecule has 0 aliphatic rings. The van der Waals surface area contributed by atoms with E-state index in [1.165, 1.54) is 6.07 Å². The molecule has 25 heavy (non-hydrogen) atoms. The number of benzene rings is 1. The molecule has 0 aliphatic carbocycles. The second-order valence-electron chi connectivity index (χ2n) is 5.13. The van der Waals surface area contributed by atoms with Crippen LogP contribution < -0.4 is 10.6 Å². The Kier molecular flexibility index (Phi) is 5.27. The largest absolute Gasteiger partial charge is 0.506 e. The number of nitrogens with zero attached hydrogens (tertiary/aromatic N) is 3. The standard InChI is InChI=1S/C17H16ClN5O2/c18-12-1-2-15(25)14(9-12)21-16-10-13(11-3-5-19-6-4-11)22-17(23-16)20-7-8-24/h1-6,9-10,24-25H,7-8H2,(H2,20,21,22,23). The number of aromatic hydroxyl groups is 1. The monoisotopic (exact) mass is 357 g/mol. The van der Waals surface area contributed by atoms with Crippen LogP contribution in [0.2, 0.25) is 5.02 Å². The van der Waals surface area contributed by atoms with Gasteiger partial charge < -0.3 is 20.8 Å². The Bertz CT molecular complexity index is 861. The molecule has 0 spiro atoms. The lowest BCUT2D eigenvalue weighted by Crippen LogP contribution is -2.10. The van der Waals surface area contributed by atoms with E-state index in [4.69, 9.17) is 16.7 Å². The van der Waals surface area contributed by atoms with Gasteiger partial charge in [0.25, 0.3) is 0 Å². The second-order valence-corrected chi connectivity index (χ2v) is 5.57. The van der Waals surface area contributed by atoms with Crippen molar-refractivity contribution >= 4 is 29.1 Å². The van der Waals surface area contributed by atoms with E-state index in [1.54, 1.807) is 30.6 Å². The molecule has 0 saturated heterocycles. The Hall–Kier alpha value is -2.90. The average Bonchev–Trinajstić information content (AvgIpc) is 2.63. The van der Waals surface area contributed by atoms with Crippen LogP contribution in [0.5, 0.6) is 5.75 Å². The first-order chi connectivity index (χ1) is 12.2. The fourth-order valence-electron chi connectivity index (χ4n) is 2.17. The van der Waals surface area contributed by atoms with Crippen molar-refractivity contribution in [3.8, 4) is 17.0 Å². The predicted octanol–water partition coefficient (Wildman–Crippen LogP) is 3.05. The molecule has 0 saturated carbocycles. The van der Waals surface area contributed by atoms with Gasteiger partial charge in [-0.15, -0.1) is 0 Å². The van der Waals surface area contributed by atoms with Gasteiger partial charge in [0.1, 0.15) is 11.6 Å². The topological polar surface area (TPSA) is 103 Å². The molecule has 0 fully saturated rings. The summed E-state index contributed by atoms with van der Waals surface area (Å²) >= 11 is 5.98. The van der Waals surface area contributed by atoms with E-state index in [2.05, 4.69) is 25.6 Å². The number of aliphatic hydroxyl groups excluding tert-OH is 1. The van der Waals surface area contributed by atoms with Gasteiger partial charge in [-0.1, -0.05) is 11.6 Å². The highest BCUT2D eigenvalue weighted by Gasteiger charge is 2.09. The highest BCUT2D eigenvalue weighted by Crippen LogP contribution is 2.30. The third-order valence-electron chi connectivity index (χ3n) is 3.32. The number of phenols is 1. The SMILES string of the molecule is OCCNc1nc(Nc2cc(Cl)ccc2O)cc(-c2ccncc2)n1. The van der Waals surface area contributed by atoms with E-state index < -0.39 is 0 Å². The van der Waals surface area contributed by atoms with Crippen molar-refractivity contribution in [3.63, 3.8) is 0 Å². The summed E-state index contributed by atoms with van der Waals surface area (Å²) in [5.74, 6) is 0.880. The molecule has 0 aliphatic heterocycles. The maximum absolute atomic E-state index is 9.97. The number of hydrogen-bond donors (Lipinski definition) is 4. The molecule has 2 aromatic heterocycles. The van der Waals surface area contributed by atoms with Crippen molar-refractivity contribution in [2.45, 2.75) is 0 Å². The molecule has 8 heteroatoms. The molecule has 1 aromatic carbocycles. The third-order valence-corrected chi connectivity index (χ3v) is 3.55. The summed E-state index contributed by atoms with van der Waals surface area (Å²) in [7, 11) is 0. The van der Waals surface area contributed by atoms with Gasteiger partial charge in [0, 0.05) is 35.6 Å². The number of rotatable bonds is 6. The van der Waals surface area contributed by atoms with Crippen molar-refractivity contribution in [1.29, 1.82) is 0 Å². The first-order valence-electron chi connectivity index (χ1n) is 7.55. The van der Waals surface area contributed by atoms with Crippen molar-refractivity contribution in [3.05, 3.63) is 53.8 Å². The Labute approximate surface area is 149 Å². The van der Waals surface area contributed by atoms with E-state index in [0.717, 1.165) is 5.56 Å². The second kappa shape index (κ2) is 7.78. The number of nitrogens with one attached hydrogen (secondary N) is 2. The number of hydrogen-bond acceptors (Lipinski definition) is 7. The van der Waals surface area contributed by atoms with E-state index in [9.17, 15) is 5.11 Å². The van der Waals surface area contributed by atoms with Gasteiger partial charge in [-0.2, -0.15) is 4.98 Å². The summed E-state index contributed by atoms with van der Waals surface area (Å²) in [5.41, 5.74) is 1.96. The molecule has 0 atom stereocenters. The van der Waals surface area contributed by atoms with Crippen LogP contribution in [0.4, 0.5) is 17.5 Å². The molecule has 3 rings (SSSR count). The fourth-order valence-corrected chi connectivity index (χ4v) is 2.35. The van der Waals surface area contributed by atoms with Crippen LogP contribution in [-0.4, -0.2) is 38.3 Å². The maximum Gasteiger partial charge on any atom is 0.225 e. The summed E-state index contributed by atoms with van der Waals surface area (Å²) in [6.45, 7) is 0.280. The number of anilines is 3. The Morgan fingerprint density at radius 3 is 2.60 bits per heavy atom. The van der Waals surface area contributed by atoms with Crippen molar-refractivity contribution in [2.75, 3.05) is 23.8 Å². The minimum atomic E-state index is -0.0410. The summed E-state index contributed by atoms with van der Waals surface area (Å²) in [4.78, 5) is 12.8. The fraction of sp³-hybridized carbons (Fsp3) is 0.118. The number of halogens is 1. The molecule has 4 N–H and O–H groups in total. The number of aromatic nitrogens is 3. The van der Waals surface area contributed by atoms with Crippen LogP contribution >= 0.6 is 11.6 Å². The smallest absolute Gasteiger partial charge is 0.225 e. The molecule has 7 nitrogen and oxygen atoms in total. The van der Waals surface area contributed by atoms with Gasteiger partial charge in [-0.3, -0.25) is 4.98 Å². The lowest BCUT2D eigenvalue weighted by Gasteiger charge is -2.12. The molecule has 3 aromatic rings.